The second kappa shape index (κ2) is 6.81. The number of thiocarbonyl (C=S) groups is 1. The molecule has 6 heteroatoms. The molecule has 4 nitrogen and oxygen atoms in total. The molecule has 108 valence electrons. The number of nitrogens with zero attached hydrogens (tertiary/aromatic N) is 2. The zero-order chi connectivity index (χ0) is 15.2. The van der Waals surface area contributed by atoms with Gasteiger partial charge in [-0.25, -0.2) is 4.39 Å². The molecule has 0 atom stereocenters. The van der Waals surface area contributed by atoms with Crippen LogP contribution in [0.1, 0.15) is 5.56 Å². The summed E-state index contributed by atoms with van der Waals surface area (Å²) in [6.45, 7) is 0. The zero-order valence-corrected chi connectivity index (χ0v) is 12.3. The Kier molecular flexibility index (Phi) is 4.84. The van der Waals surface area contributed by atoms with Crippen molar-refractivity contribution in [3.63, 3.8) is 0 Å². The van der Waals surface area contributed by atoms with Crippen molar-refractivity contribution in [3.8, 4) is 0 Å². The number of hydrazone groups is 1. The summed E-state index contributed by atoms with van der Waals surface area (Å²) in [6, 6.07) is 14.1. The van der Waals surface area contributed by atoms with Crippen molar-refractivity contribution in [2.45, 2.75) is 0 Å². The van der Waals surface area contributed by atoms with E-state index in [0.29, 0.717) is 0 Å². The molecule has 21 heavy (non-hydrogen) atoms. The van der Waals surface area contributed by atoms with Crippen molar-refractivity contribution >= 4 is 34.9 Å². The Morgan fingerprint density at radius 1 is 1.24 bits per heavy atom. The number of nitrogens with one attached hydrogen (secondary N) is 1. The van der Waals surface area contributed by atoms with Crippen LogP contribution in [0, 0.1) is 5.82 Å². The summed E-state index contributed by atoms with van der Waals surface area (Å²) >= 11 is 4.65. The maximum atomic E-state index is 13.2. The Morgan fingerprint density at radius 2 is 1.95 bits per heavy atom. The van der Waals surface area contributed by atoms with Crippen molar-refractivity contribution < 1.29 is 4.39 Å². The summed E-state index contributed by atoms with van der Waals surface area (Å²) in [6.07, 6.45) is 1.62. The first-order valence-corrected chi connectivity index (χ1v) is 6.65. The molecule has 0 aromatic heterocycles. The molecule has 0 unspecified atom stereocenters. The highest BCUT2D eigenvalue weighted by Gasteiger charge is 2.04. The van der Waals surface area contributed by atoms with Gasteiger partial charge in [0.25, 0.3) is 0 Å². The average molecular weight is 302 g/mol. The molecule has 0 saturated heterocycles. The van der Waals surface area contributed by atoms with Crippen LogP contribution in [0.25, 0.3) is 0 Å². The summed E-state index contributed by atoms with van der Waals surface area (Å²) in [7, 11) is 1.88. The van der Waals surface area contributed by atoms with E-state index >= 15 is 0 Å². The first kappa shape index (κ1) is 14.9. The van der Waals surface area contributed by atoms with Gasteiger partial charge in [-0.1, -0.05) is 18.2 Å². The molecule has 2 aromatic rings. The van der Waals surface area contributed by atoms with E-state index in [1.54, 1.807) is 12.3 Å². The minimum absolute atomic E-state index is 0.119. The standard InChI is InChI=1S/C15H15FN4S/c1-20(14-4-2-3-12(16)9-14)13-7-5-11(6-8-13)10-18-19-15(17)21/h2-10H,1H3,(H3,17,19,21). The van der Waals surface area contributed by atoms with Gasteiger partial charge in [0.15, 0.2) is 5.11 Å². The molecule has 0 radical (unpaired) electrons. The molecule has 0 aliphatic rings. The van der Waals surface area contributed by atoms with Crippen LogP contribution in [0.5, 0.6) is 0 Å². The van der Waals surface area contributed by atoms with Crippen LogP contribution in [0.4, 0.5) is 15.8 Å². The number of halogens is 1. The van der Waals surface area contributed by atoms with Gasteiger partial charge >= 0.3 is 0 Å². The van der Waals surface area contributed by atoms with Gasteiger partial charge in [-0.15, -0.1) is 0 Å². The Bertz CT molecular complexity index is 655. The molecule has 0 aliphatic carbocycles. The fourth-order valence-corrected chi connectivity index (χ4v) is 1.84. The van der Waals surface area contributed by atoms with Gasteiger partial charge in [-0.2, -0.15) is 5.10 Å². The van der Waals surface area contributed by atoms with E-state index < -0.39 is 0 Å². The molecular formula is C15H15FN4S. The molecule has 0 amide bonds. The highest BCUT2D eigenvalue weighted by atomic mass is 32.1. The third kappa shape index (κ3) is 4.25. The van der Waals surface area contributed by atoms with Crippen LogP contribution >= 0.6 is 12.2 Å². The van der Waals surface area contributed by atoms with E-state index in [9.17, 15) is 4.39 Å². The molecule has 3 N–H and O–H groups in total. The normalized spacial score (nSPS) is 10.6. The summed E-state index contributed by atoms with van der Waals surface area (Å²) in [5.41, 5.74) is 10.4. The SMILES string of the molecule is CN(c1ccc(C=NNC(N)=S)cc1)c1cccc(F)c1. The monoisotopic (exact) mass is 302 g/mol. The molecule has 0 fully saturated rings. The van der Waals surface area contributed by atoms with Crippen molar-refractivity contribution in [2.24, 2.45) is 10.8 Å². The molecule has 0 bridgehead atoms. The maximum Gasteiger partial charge on any atom is 0.184 e. The number of nitrogens with two attached hydrogens (primary N) is 1. The van der Waals surface area contributed by atoms with E-state index in [4.69, 9.17) is 5.73 Å². The lowest BCUT2D eigenvalue weighted by Gasteiger charge is -2.19. The predicted octanol–water partition coefficient (Wildman–Crippen LogP) is 2.76. The van der Waals surface area contributed by atoms with E-state index in [1.807, 2.05) is 42.3 Å². The Balaban J connectivity index is 2.11. The van der Waals surface area contributed by atoms with E-state index in [2.05, 4.69) is 22.7 Å². The van der Waals surface area contributed by atoms with Crippen molar-refractivity contribution in [3.05, 3.63) is 59.9 Å². The lowest BCUT2D eigenvalue weighted by Crippen LogP contribution is -2.23. The van der Waals surface area contributed by atoms with Gasteiger partial charge in [0, 0.05) is 18.4 Å². The van der Waals surface area contributed by atoms with Crippen molar-refractivity contribution in [1.29, 1.82) is 0 Å². The van der Waals surface area contributed by atoms with E-state index in [1.165, 1.54) is 12.1 Å². The molecule has 2 aromatic carbocycles. The number of benzene rings is 2. The lowest BCUT2D eigenvalue weighted by molar-refractivity contribution is 0.628. The molecule has 0 spiro atoms. The van der Waals surface area contributed by atoms with E-state index in [-0.39, 0.29) is 10.9 Å². The third-order valence-electron chi connectivity index (χ3n) is 2.86. The zero-order valence-electron chi connectivity index (χ0n) is 11.5. The first-order chi connectivity index (χ1) is 10.1. The molecule has 0 aliphatic heterocycles. The van der Waals surface area contributed by atoms with Crippen molar-refractivity contribution in [2.75, 3.05) is 11.9 Å². The molecule has 0 saturated carbocycles. The van der Waals surface area contributed by atoms with Crippen LogP contribution in [0.3, 0.4) is 0 Å². The van der Waals surface area contributed by atoms with Gasteiger partial charge in [0.2, 0.25) is 0 Å². The third-order valence-corrected chi connectivity index (χ3v) is 2.96. The molecule has 2 rings (SSSR count). The van der Waals surface area contributed by atoms with Gasteiger partial charge in [0.1, 0.15) is 5.82 Å². The molecule has 0 heterocycles. The summed E-state index contributed by atoms with van der Waals surface area (Å²) in [4.78, 5) is 1.90. The van der Waals surface area contributed by atoms with Crippen LogP contribution < -0.4 is 16.1 Å². The van der Waals surface area contributed by atoms with E-state index in [0.717, 1.165) is 16.9 Å². The summed E-state index contributed by atoms with van der Waals surface area (Å²) in [5.74, 6) is -0.257. The first-order valence-electron chi connectivity index (χ1n) is 6.24. The number of anilines is 2. The maximum absolute atomic E-state index is 13.2. The Morgan fingerprint density at radius 3 is 2.57 bits per heavy atom. The van der Waals surface area contributed by atoms with Gasteiger partial charge in [0.05, 0.1) is 6.21 Å². The van der Waals surface area contributed by atoms with Crippen molar-refractivity contribution in [1.82, 2.24) is 5.43 Å². The highest BCUT2D eigenvalue weighted by molar-refractivity contribution is 7.80. The Labute approximate surface area is 128 Å². The van der Waals surface area contributed by atoms with Crippen LogP contribution in [0.2, 0.25) is 0 Å². The minimum atomic E-state index is -0.257. The number of hydrogen-bond donors (Lipinski definition) is 2. The number of hydrogen-bond acceptors (Lipinski definition) is 3. The average Bonchev–Trinajstić information content (AvgIpc) is 2.47. The smallest absolute Gasteiger partial charge is 0.184 e. The Hall–Kier alpha value is -2.47. The number of rotatable bonds is 4. The fourth-order valence-electron chi connectivity index (χ4n) is 1.79. The largest absolute Gasteiger partial charge is 0.375 e. The molecular weight excluding hydrogens is 287 g/mol. The van der Waals surface area contributed by atoms with Crippen LogP contribution in [0.15, 0.2) is 53.6 Å². The quantitative estimate of drug-likeness (QED) is 0.518. The summed E-state index contributed by atoms with van der Waals surface area (Å²) in [5, 5.41) is 4.00. The second-order valence-corrected chi connectivity index (χ2v) is 4.80. The topological polar surface area (TPSA) is 53.6 Å². The predicted molar refractivity (Wildman–Crippen MR) is 88.4 cm³/mol. The van der Waals surface area contributed by atoms with Gasteiger partial charge in [-0.05, 0) is 48.1 Å². The second-order valence-electron chi connectivity index (χ2n) is 4.36. The minimum Gasteiger partial charge on any atom is -0.375 e. The van der Waals surface area contributed by atoms with Gasteiger partial charge in [-0.3, -0.25) is 5.43 Å². The van der Waals surface area contributed by atoms with Crippen LogP contribution in [-0.4, -0.2) is 18.4 Å². The fraction of sp³-hybridized carbons (Fsp3) is 0.0667. The van der Waals surface area contributed by atoms with Crippen LogP contribution in [-0.2, 0) is 0 Å². The van der Waals surface area contributed by atoms with Gasteiger partial charge < -0.3 is 10.6 Å². The highest BCUT2D eigenvalue weighted by Crippen LogP contribution is 2.23. The summed E-state index contributed by atoms with van der Waals surface area (Å²) < 4.78 is 13.2. The lowest BCUT2D eigenvalue weighted by atomic mass is 10.2.